The van der Waals surface area contributed by atoms with Gasteiger partial charge in [0.2, 0.25) is 11.8 Å². The van der Waals surface area contributed by atoms with Crippen molar-refractivity contribution >= 4 is 35.2 Å². The summed E-state index contributed by atoms with van der Waals surface area (Å²) < 4.78 is 6.54. The lowest BCUT2D eigenvalue weighted by Crippen LogP contribution is -2.28. The Morgan fingerprint density at radius 2 is 2.07 bits per heavy atom. The molecule has 0 atom stereocenters. The molecule has 0 saturated heterocycles. The molecule has 0 aliphatic heterocycles. The zero-order valence-corrected chi connectivity index (χ0v) is 17.4. The fourth-order valence-corrected chi connectivity index (χ4v) is 3.28. The summed E-state index contributed by atoms with van der Waals surface area (Å²) in [6.07, 6.45) is 3.02. The van der Waals surface area contributed by atoms with Crippen molar-refractivity contribution in [3.63, 3.8) is 0 Å². The number of esters is 1. The number of amides is 2. The minimum Gasteiger partial charge on any atom is -0.462 e. The number of aliphatic hydroxyl groups excluding tert-OH is 1. The molecule has 9 nitrogen and oxygen atoms in total. The molecule has 0 saturated carbocycles. The summed E-state index contributed by atoms with van der Waals surface area (Å²) in [4.78, 5) is 40.6. The van der Waals surface area contributed by atoms with Crippen molar-refractivity contribution in [1.29, 1.82) is 0 Å². The first-order valence-corrected chi connectivity index (χ1v) is 10.2. The normalized spacial score (nSPS) is 10.3. The van der Waals surface area contributed by atoms with Gasteiger partial charge < -0.3 is 25.0 Å². The van der Waals surface area contributed by atoms with E-state index in [1.54, 1.807) is 41.8 Å². The lowest BCUT2D eigenvalue weighted by Gasteiger charge is -2.12. The predicted octanol–water partition coefficient (Wildman–Crippen LogP) is 1.59. The Hall–Kier alpha value is -3.11. The van der Waals surface area contributed by atoms with E-state index < -0.39 is 5.97 Å². The fraction of sp³-hybridized carbons (Fsp3) is 0.300. The molecule has 1 aromatic heterocycles. The van der Waals surface area contributed by atoms with E-state index in [0.29, 0.717) is 23.1 Å². The van der Waals surface area contributed by atoms with Crippen molar-refractivity contribution in [2.45, 2.75) is 25.2 Å². The van der Waals surface area contributed by atoms with Crippen LogP contribution in [-0.2, 0) is 27.5 Å². The lowest BCUT2D eigenvalue weighted by molar-refractivity contribution is -0.121. The highest BCUT2D eigenvalue weighted by atomic mass is 32.2. The third kappa shape index (κ3) is 6.46. The molecule has 160 valence electrons. The van der Waals surface area contributed by atoms with Gasteiger partial charge in [-0.2, -0.15) is 0 Å². The molecule has 0 spiro atoms. The van der Waals surface area contributed by atoms with E-state index in [2.05, 4.69) is 22.2 Å². The Kier molecular flexibility index (Phi) is 9.10. The second-order valence-electron chi connectivity index (χ2n) is 5.97. The van der Waals surface area contributed by atoms with Crippen LogP contribution in [0.15, 0.2) is 48.3 Å². The minimum absolute atomic E-state index is 0.00663. The van der Waals surface area contributed by atoms with Crippen LogP contribution in [0.4, 0.5) is 5.69 Å². The van der Waals surface area contributed by atoms with E-state index in [4.69, 9.17) is 4.74 Å². The van der Waals surface area contributed by atoms with Crippen molar-refractivity contribution in [3.05, 3.63) is 54.4 Å². The molecule has 10 heteroatoms. The van der Waals surface area contributed by atoms with Gasteiger partial charge in [-0.15, -0.1) is 6.58 Å². The van der Waals surface area contributed by atoms with Crippen molar-refractivity contribution in [2.75, 3.05) is 24.2 Å². The molecular formula is C20H24N4O5S. The van der Waals surface area contributed by atoms with E-state index >= 15 is 0 Å². The largest absolute Gasteiger partial charge is 0.462 e. The zero-order valence-electron chi connectivity index (χ0n) is 16.6. The molecule has 2 aromatic rings. The number of para-hydroxylation sites is 1. The second-order valence-corrected chi connectivity index (χ2v) is 6.91. The number of aromatic nitrogens is 2. The van der Waals surface area contributed by atoms with Crippen LogP contribution >= 0.6 is 11.8 Å². The summed E-state index contributed by atoms with van der Waals surface area (Å²) in [5, 5.41) is 15.2. The molecule has 2 amide bonds. The Bertz CT molecular complexity index is 912. The zero-order chi connectivity index (χ0) is 21.9. The number of thioether (sulfide) groups is 1. The van der Waals surface area contributed by atoms with Crippen molar-refractivity contribution in [1.82, 2.24) is 14.9 Å². The lowest BCUT2D eigenvalue weighted by atomic mass is 10.2. The first kappa shape index (κ1) is 23.2. The van der Waals surface area contributed by atoms with Crippen LogP contribution < -0.4 is 10.6 Å². The number of anilines is 1. The average Bonchev–Trinajstić information content (AvgIpc) is 3.12. The maximum atomic E-state index is 12.4. The Morgan fingerprint density at radius 3 is 2.77 bits per heavy atom. The van der Waals surface area contributed by atoms with E-state index in [-0.39, 0.29) is 42.9 Å². The highest BCUT2D eigenvalue weighted by molar-refractivity contribution is 7.99. The van der Waals surface area contributed by atoms with Crippen molar-refractivity contribution < 1.29 is 24.2 Å². The van der Waals surface area contributed by atoms with Gasteiger partial charge in [-0.25, -0.2) is 9.78 Å². The van der Waals surface area contributed by atoms with E-state index in [9.17, 15) is 19.5 Å². The van der Waals surface area contributed by atoms with Gasteiger partial charge in [0.1, 0.15) is 6.54 Å². The van der Waals surface area contributed by atoms with Crippen molar-refractivity contribution in [3.8, 4) is 0 Å². The quantitative estimate of drug-likeness (QED) is 0.280. The number of rotatable bonds is 11. The van der Waals surface area contributed by atoms with Crippen LogP contribution in [0.3, 0.4) is 0 Å². The number of carbonyl (C=O) groups is 3. The molecule has 0 unspecified atom stereocenters. The molecule has 30 heavy (non-hydrogen) atoms. The monoisotopic (exact) mass is 432 g/mol. The van der Waals surface area contributed by atoms with Crippen LogP contribution in [0.2, 0.25) is 0 Å². The van der Waals surface area contributed by atoms with Crippen LogP contribution in [-0.4, -0.2) is 51.3 Å². The maximum absolute atomic E-state index is 12.4. The van der Waals surface area contributed by atoms with Gasteiger partial charge in [0.05, 0.1) is 42.1 Å². The van der Waals surface area contributed by atoms with Gasteiger partial charge in [0.15, 0.2) is 5.16 Å². The topological polar surface area (TPSA) is 123 Å². The van der Waals surface area contributed by atoms with E-state index in [0.717, 1.165) is 11.8 Å². The number of carbonyl (C=O) groups excluding carboxylic acids is 3. The Morgan fingerprint density at radius 1 is 1.30 bits per heavy atom. The number of benzene rings is 1. The molecule has 3 N–H and O–H groups in total. The smallest absolute Gasteiger partial charge is 0.340 e. The van der Waals surface area contributed by atoms with E-state index in [1.807, 2.05) is 0 Å². The summed E-state index contributed by atoms with van der Waals surface area (Å²) in [6.45, 7) is 5.47. The standard InChI is InChI=1S/C20H24N4O5S/c1-3-9-21-17(26)11-24-14(12-25)10-22-20(24)30-13-18(27)23-16-8-6-5-7-15(16)19(28)29-4-2/h3,5-8,10,25H,1,4,9,11-13H2,2H3,(H,21,26)(H,23,27). The molecule has 0 bridgehead atoms. The SMILES string of the molecule is C=CCNC(=O)Cn1c(CO)cnc1SCC(=O)Nc1ccccc1C(=O)OCC. The van der Waals surface area contributed by atoms with Crippen molar-refractivity contribution in [2.24, 2.45) is 0 Å². The number of aliphatic hydroxyl groups is 1. The number of nitrogens with one attached hydrogen (secondary N) is 2. The van der Waals surface area contributed by atoms with Gasteiger partial charge in [-0.1, -0.05) is 30.0 Å². The second kappa shape index (κ2) is 11.8. The van der Waals surface area contributed by atoms with Gasteiger partial charge in [-0.05, 0) is 19.1 Å². The number of ether oxygens (including phenoxy) is 1. The number of nitrogens with zero attached hydrogens (tertiary/aromatic N) is 2. The fourth-order valence-electron chi connectivity index (χ4n) is 2.48. The number of hydrogen-bond donors (Lipinski definition) is 3. The third-order valence-corrected chi connectivity index (χ3v) is 4.83. The summed E-state index contributed by atoms with van der Waals surface area (Å²) in [6, 6.07) is 6.57. The Balaban J connectivity index is 2.03. The average molecular weight is 433 g/mol. The summed E-state index contributed by atoms with van der Waals surface area (Å²) >= 11 is 1.11. The molecule has 0 aliphatic rings. The molecule has 2 rings (SSSR count). The predicted molar refractivity (Wildman–Crippen MR) is 113 cm³/mol. The van der Waals surface area contributed by atoms with Crippen LogP contribution in [0.25, 0.3) is 0 Å². The number of hydrogen-bond acceptors (Lipinski definition) is 7. The first-order chi connectivity index (χ1) is 14.5. The van der Waals surface area contributed by atoms with Crippen LogP contribution in [0.1, 0.15) is 23.0 Å². The molecule has 0 radical (unpaired) electrons. The molecular weight excluding hydrogens is 408 g/mol. The molecule has 1 aromatic carbocycles. The number of imidazole rings is 1. The van der Waals surface area contributed by atoms with Gasteiger partial charge in [-0.3, -0.25) is 9.59 Å². The van der Waals surface area contributed by atoms with Crippen LogP contribution in [0.5, 0.6) is 0 Å². The highest BCUT2D eigenvalue weighted by Crippen LogP contribution is 2.21. The highest BCUT2D eigenvalue weighted by Gasteiger charge is 2.17. The maximum Gasteiger partial charge on any atom is 0.340 e. The van der Waals surface area contributed by atoms with Gasteiger partial charge in [0, 0.05) is 6.54 Å². The molecule has 0 fully saturated rings. The summed E-state index contributed by atoms with van der Waals surface area (Å²) in [5.74, 6) is -1.15. The summed E-state index contributed by atoms with van der Waals surface area (Å²) in [7, 11) is 0. The van der Waals surface area contributed by atoms with Crippen LogP contribution in [0, 0.1) is 0 Å². The van der Waals surface area contributed by atoms with E-state index in [1.165, 1.54) is 6.20 Å². The summed E-state index contributed by atoms with van der Waals surface area (Å²) in [5.41, 5.74) is 1.07. The van der Waals surface area contributed by atoms with Gasteiger partial charge >= 0.3 is 5.97 Å². The molecule has 0 aliphatic carbocycles. The first-order valence-electron chi connectivity index (χ1n) is 9.21. The Labute approximate surface area is 178 Å². The van der Waals surface area contributed by atoms with Gasteiger partial charge in [0.25, 0.3) is 0 Å². The third-order valence-electron chi connectivity index (χ3n) is 3.84. The minimum atomic E-state index is -0.519. The molecule has 1 heterocycles.